The number of carbonyl (C=O) groups excluding carboxylic acids is 1. The molecule has 0 saturated heterocycles. The van der Waals surface area contributed by atoms with Crippen LogP contribution >= 0.6 is 11.3 Å². The van der Waals surface area contributed by atoms with Crippen LogP contribution in [0.3, 0.4) is 0 Å². The summed E-state index contributed by atoms with van der Waals surface area (Å²) in [5.74, 6) is 0.502. The number of nitrogens with zero attached hydrogens (tertiary/aromatic N) is 4. The number of hydrogen-bond donors (Lipinski definition) is 0. The molecule has 0 aliphatic rings. The topological polar surface area (TPSA) is 59.0 Å². The second-order valence-electron chi connectivity index (χ2n) is 5.41. The van der Waals surface area contributed by atoms with Crippen LogP contribution in [0.2, 0.25) is 0 Å². The van der Waals surface area contributed by atoms with Gasteiger partial charge in [-0.3, -0.25) is 4.79 Å². The molecule has 0 bridgehead atoms. The van der Waals surface area contributed by atoms with E-state index in [9.17, 15) is 4.79 Å². The van der Waals surface area contributed by atoms with E-state index in [-0.39, 0.29) is 5.91 Å². The standard InChI is InChI=1S/C18H18N4OS/c1-3-16-21-15(12-24-16)11-22(2)18(23)14-9-19-17(20-10-14)13-7-5-4-6-8-13/h4-10,12H,3,11H2,1-2H3. The van der Waals surface area contributed by atoms with Crippen molar-refractivity contribution < 1.29 is 4.79 Å². The van der Waals surface area contributed by atoms with Crippen molar-refractivity contribution in [1.29, 1.82) is 0 Å². The van der Waals surface area contributed by atoms with Gasteiger partial charge in [0.25, 0.3) is 5.91 Å². The monoisotopic (exact) mass is 338 g/mol. The van der Waals surface area contributed by atoms with Crippen molar-refractivity contribution >= 4 is 17.2 Å². The largest absolute Gasteiger partial charge is 0.336 e. The van der Waals surface area contributed by atoms with Gasteiger partial charge in [0.05, 0.1) is 22.8 Å². The van der Waals surface area contributed by atoms with Crippen LogP contribution < -0.4 is 0 Å². The number of aryl methyl sites for hydroxylation is 1. The van der Waals surface area contributed by atoms with E-state index in [4.69, 9.17) is 0 Å². The highest BCUT2D eigenvalue weighted by molar-refractivity contribution is 7.09. The first-order valence-corrected chi connectivity index (χ1v) is 8.61. The zero-order valence-corrected chi connectivity index (χ0v) is 14.5. The van der Waals surface area contributed by atoms with Gasteiger partial charge in [-0.2, -0.15) is 0 Å². The summed E-state index contributed by atoms with van der Waals surface area (Å²) < 4.78 is 0. The summed E-state index contributed by atoms with van der Waals surface area (Å²) >= 11 is 1.62. The molecule has 0 radical (unpaired) electrons. The Morgan fingerprint density at radius 1 is 1.17 bits per heavy atom. The van der Waals surface area contributed by atoms with E-state index >= 15 is 0 Å². The third-order valence-electron chi connectivity index (χ3n) is 3.58. The molecule has 0 unspecified atom stereocenters. The molecule has 0 atom stereocenters. The Kier molecular flexibility index (Phi) is 4.96. The van der Waals surface area contributed by atoms with Crippen molar-refractivity contribution in [3.8, 4) is 11.4 Å². The minimum Gasteiger partial charge on any atom is -0.336 e. The summed E-state index contributed by atoms with van der Waals surface area (Å²) in [5.41, 5.74) is 2.32. The van der Waals surface area contributed by atoms with Gasteiger partial charge in [0.2, 0.25) is 0 Å². The minimum absolute atomic E-state index is 0.110. The van der Waals surface area contributed by atoms with Crippen LogP contribution in [0, 0.1) is 0 Å². The van der Waals surface area contributed by atoms with E-state index in [1.54, 1.807) is 35.7 Å². The summed E-state index contributed by atoms with van der Waals surface area (Å²) in [7, 11) is 1.76. The number of thiazole rings is 1. The molecule has 122 valence electrons. The highest BCUT2D eigenvalue weighted by Gasteiger charge is 2.15. The Hall–Kier alpha value is -2.60. The van der Waals surface area contributed by atoms with E-state index in [1.807, 2.05) is 35.7 Å². The van der Waals surface area contributed by atoms with E-state index in [0.717, 1.165) is 22.7 Å². The molecular formula is C18H18N4OS. The van der Waals surface area contributed by atoms with Crippen LogP contribution in [0.15, 0.2) is 48.1 Å². The maximum absolute atomic E-state index is 12.5. The van der Waals surface area contributed by atoms with Gasteiger partial charge in [0.1, 0.15) is 0 Å². The second kappa shape index (κ2) is 7.31. The zero-order valence-electron chi connectivity index (χ0n) is 13.6. The number of amides is 1. The van der Waals surface area contributed by atoms with E-state index in [1.165, 1.54) is 0 Å². The molecule has 0 aliphatic carbocycles. The molecule has 5 nitrogen and oxygen atoms in total. The summed E-state index contributed by atoms with van der Waals surface area (Å²) in [6, 6.07) is 9.69. The quantitative estimate of drug-likeness (QED) is 0.715. The minimum atomic E-state index is -0.110. The molecule has 3 rings (SSSR count). The lowest BCUT2D eigenvalue weighted by Crippen LogP contribution is -2.26. The summed E-state index contributed by atoms with van der Waals surface area (Å²) in [4.78, 5) is 27.2. The van der Waals surface area contributed by atoms with Gasteiger partial charge in [0, 0.05) is 30.4 Å². The Morgan fingerprint density at radius 3 is 2.50 bits per heavy atom. The van der Waals surface area contributed by atoms with Gasteiger partial charge < -0.3 is 4.90 Å². The molecule has 24 heavy (non-hydrogen) atoms. The van der Waals surface area contributed by atoms with Gasteiger partial charge in [-0.1, -0.05) is 37.3 Å². The Balaban J connectivity index is 1.70. The maximum Gasteiger partial charge on any atom is 0.257 e. The fourth-order valence-electron chi connectivity index (χ4n) is 2.29. The third kappa shape index (κ3) is 3.65. The van der Waals surface area contributed by atoms with Gasteiger partial charge in [-0.05, 0) is 6.42 Å². The number of hydrogen-bond acceptors (Lipinski definition) is 5. The maximum atomic E-state index is 12.5. The predicted octanol–water partition coefficient (Wildman–Crippen LogP) is 3.43. The van der Waals surface area contributed by atoms with Crippen LogP contribution in [0.4, 0.5) is 0 Å². The van der Waals surface area contributed by atoms with Gasteiger partial charge >= 0.3 is 0 Å². The Morgan fingerprint density at radius 2 is 1.88 bits per heavy atom. The fraction of sp³-hybridized carbons (Fsp3) is 0.222. The van der Waals surface area contributed by atoms with Crippen molar-refractivity contribution in [1.82, 2.24) is 19.9 Å². The molecule has 0 saturated carbocycles. The lowest BCUT2D eigenvalue weighted by Gasteiger charge is -2.15. The lowest BCUT2D eigenvalue weighted by molar-refractivity contribution is 0.0782. The molecular weight excluding hydrogens is 320 g/mol. The van der Waals surface area contributed by atoms with Crippen LogP contribution in [0.1, 0.15) is 28.0 Å². The first kappa shape index (κ1) is 16.3. The molecule has 2 heterocycles. The molecule has 1 amide bonds. The van der Waals surface area contributed by atoms with Crippen molar-refractivity contribution in [2.75, 3.05) is 7.05 Å². The summed E-state index contributed by atoms with van der Waals surface area (Å²) in [6.45, 7) is 2.55. The number of aromatic nitrogens is 3. The SMILES string of the molecule is CCc1nc(CN(C)C(=O)c2cnc(-c3ccccc3)nc2)cs1. The molecule has 0 fully saturated rings. The normalized spacial score (nSPS) is 10.6. The van der Waals surface area contributed by atoms with Crippen molar-refractivity contribution in [3.63, 3.8) is 0 Å². The van der Waals surface area contributed by atoms with Crippen LogP contribution in [-0.4, -0.2) is 32.8 Å². The third-order valence-corrected chi connectivity index (χ3v) is 4.62. The molecule has 1 aromatic carbocycles. The highest BCUT2D eigenvalue weighted by atomic mass is 32.1. The van der Waals surface area contributed by atoms with Crippen LogP contribution in [0.25, 0.3) is 11.4 Å². The van der Waals surface area contributed by atoms with Gasteiger partial charge in [-0.15, -0.1) is 11.3 Å². The van der Waals surface area contributed by atoms with Crippen molar-refractivity contribution in [2.45, 2.75) is 19.9 Å². The number of carbonyl (C=O) groups is 1. The summed E-state index contributed by atoms with van der Waals surface area (Å²) in [6.07, 6.45) is 4.07. The predicted molar refractivity (Wildman–Crippen MR) is 94.8 cm³/mol. The first-order valence-electron chi connectivity index (χ1n) is 7.73. The Labute approximate surface area is 145 Å². The van der Waals surface area contributed by atoms with E-state index < -0.39 is 0 Å². The van der Waals surface area contributed by atoms with Crippen LogP contribution in [0.5, 0.6) is 0 Å². The number of rotatable bonds is 5. The molecule has 3 aromatic rings. The first-order chi connectivity index (χ1) is 11.7. The molecule has 2 aromatic heterocycles. The van der Waals surface area contributed by atoms with Gasteiger partial charge in [-0.25, -0.2) is 15.0 Å². The van der Waals surface area contributed by atoms with Crippen LogP contribution in [-0.2, 0) is 13.0 Å². The number of benzene rings is 1. The van der Waals surface area contributed by atoms with E-state index in [2.05, 4.69) is 21.9 Å². The zero-order chi connectivity index (χ0) is 16.9. The second-order valence-corrected chi connectivity index (χ2v) is 6.35. The molecule has 0 spiro atoms. The molecule has 0 N–H and O–H groups in total. The van der Waals surface area contributed by atoms with Gasteiger partial charge in [0.15, 0.2) is 5.82 Å². The summed E-state index contributed by atoms with van der Waals surface area (Å²) in [5, 5.41) is 3.08. The Bertz CT molecular complexity index is 815. The van der Waals surface area contributed by atoms with Crippen molar-refractivity contribution in [3.05, 3.63) is 64.4 Å². The average molecular weight is 338 g/mol. The van der Waals surface area contributed by atoms with E-state index in [0.29, 0.717) is 17.9 Å². The smallest absolute Gasteiger partial charge is 0.257 e. The lowest BCUT2D eigenvalue weighted by atomic mass is 10.2. The fourth-order valence-corrected chi connectivity index (χ4v) is 3.03. The molecule has 6 heteroatoms. The molecule has 0 aliphatic heterocycles. The highest BCUT2D eigenvalue weighted by Crippen LogP contribution is 2.15. The van der Waals surface area contributed by atoms with Crippen molar-refractivity contribution in [2.24, 2.45) is 0 Å². The average Bonchev–Trinajstić information content (AvgIpc) is 3.09.